The molecule has 0 saturated carbocycles. The topological polar surface area (TPSA) is 78.5 Å². The van der Waals surface area contributed by atoms with E-state index in [-0.39, 0.29) is 11.5 Å². The summed E-state index contributed by atoms with van der Waals surface area (Å²) in [5.41, 5.74) is 1.42. The number of carboxylic acid groups (broad SMARTS) is 1. The fraction of sp³-hybridized carbons (Fsp3) is 0.176. The first-order valence-corrected chi connectivity index (χ1v) is 6.81. The molecule has 0 aliphatic carbocycles. The van der Waals surface area contributed by atoms with Crippen LogP contribution in [0.5, 0.6) is 5.75 Å². The Bertz CT molecular complexity index is 697. The van der Waals surface area contributed by atoms with Crippen LogP contribution in [0.2, 0.25) is 0 Å². The fourth-order valence-electron chi connectivity index (χ4n) is 1.91. The van der Waals surface area contributed by atoms with Gasteiger partial charge in [-0.1, -0.05) is 24.3 Å². The molecular formula is C17H16NO4-. The number of ether oxygens (including phenoxy) is 1. The third-order valence-electron chi connectivity index (χ3n) is 3.04. The van der Waals surface area contributed by atoms with Gasteiger partial charge in [-0.25, -0.2) is 0 Å². The van der Waals surface area contributed by atoms with Crippen molar-refractivity contribution in [1.82, 2.24) is 0 Å². The van der Waals surface area contributed by atoms with Gasteiger partial charge in [0.05, 0.1) is 5.97 Å². The van der Waals surface area contributed by atoms with Gasteiger partial charge in [0.1, 0.15) is 5.75 Å². The summed E-state index contributed by atoms with van der Waals surface area (Å²) in [4.78, 5) is 22.9. The zero-order valence-corrected chi connectivity index (χ0v) is 12.3. The molecule has 114 valence electrons. The second-order valence-electron chi connectivity index (χ2n) is 4.93. The number of anilines is 1. The third kappa shape index (κ3) is 4.09. The molecule has 0 saturated heterocycles. The van der Waals surface area contributed by atoms with E-state index in [0.717, 1.165) is 5.56 Å². The van der Waals surface area contributed by atoms with Crippen LogP contribution >= 0.6 is 0 Å². The Morgan fingerprint density at radius 2 is 1.86 bits per heavy atom. The number of hydrogen-bond donors (Lipinski definition) is 1. The SMILES string of the molecule is Cc1cccc(O[C@@H](C)C(=O)Nc2cccc(C(=O)[O-])c2)c1. The van der Waals surface area contributed by atoms with Crippen molar-refractivity contribution < 1.29 is 19.4 Å². The van der Waals surface area contributed by atoms with Gasteiger partial charge in [0, 0.05) is 5.69 Å². The lowest BCUT2D eigenvalue weighted by Crippen LogP contribution is -2.30. The minimum absolute atomic E-state index is 0.00468. The van der Waals surface area contributed by atoms with E-state index in [1.807, 2.05) is 25.1 Å². The van der Waals surface area contributed by atoms with Crippen molar-refractivity contribution in [2.24, 2.45) is 0 Å². The lowest BCUT2D eigenvalue weighted by Gasteiger charge is -2.15. The first-order valence-electron chi connectivity index (χ1n) is 6.81. The Labute approximate surface area is 128 Å². The highest BCUT2D eigenvalue weighted by molar-refractivity contribution is 5.95. The van der Waals surface area contributed by atoms with Gasteiger partial charge >= 0.3 is 0 Å². The molecule has 2 aromatic carbocycles. The summed E-state index contributed by atoms with van der Waals surface area (Å²) in [6.07, 6.45) is -0.714. The molecule has 0 aliphatic rings. The Balaban J connectivity index is 2.02. The highest BCUT2D eigenvalue weighted by Crippen LogP contribution is 2.15. The summed E-state index contributed by atoms with van der Waals surface area (Å²) >= 11 is 0. The van der Waals surface area contributed by atoms with Crippen molar-refractivity contribution in [2.75, 3.05) is 5.32 Å². The van der Waals surface area contributed by atoms with Gasteiger partial charge in [0.25, 0.3) is 5.91 Å². The Kier molecular flexibility index (Phi) is 4.78. The van der Waals surface area contributed by atoms with E-state index < -0.39 is 12.1 Å². The molecule has 0 spiro atoms. The van der Waals surface area contributed by atoms with Gasteiger partial charge in [0.2, 0.25) is 0 Å². The van der Waals surface area contributed by atoms with Crippen LogP contribution in [-0.2, 0) is 4.79 Å². The molecule has 2 aromatic rings. The molecule has 0 aliphatic heterocycles. The smallest absolute Gasteiger partial charge is 0.265 e. The fourth-order valence-corrected chi connectivity index (χ4v) is 1.91. The van der Waals surface area contributed by atoms with E-state index in [1.54, 1.807) is 19.1 Å². The molecule has 0 fully saturated rings. The molecule has 0 unspecified atom stereocenters. The first-order chi connectivity index (χ1) is 10.5. The number of carboxylic acids is 1. The summed E-state index contributed by atoms with van der Waals surface area (Å²) in [6, 6.07) is 13.3. The quantitative estimate of drug-likeness (QED) is 0.912. The predicted molar refractivity (Wildman–Crippen MR) is 80.7 cm³/mol. The highest BCUT2D eigenvalue weighted by atomic mass is 16.5. The van der Waals surface area contributed by atoms with Crippen LogP contribution in [0.1, 0.15) is 22.8 Å². The molecule has 0 radical (unpaired) electrons. The number of hydrogen-bond acceptors (Lipinski definition) is 4. The number of amides is 1. The van der Waals surface area contributed by atoms with Crippen LogP contribution in [0, 0.1) is 6.92 Å². The average Bonchev–Trinajstić information content (AvgIpc) is 2.47. The van der Waals surface area contributed by atoms with Gasteiger partial charge in [0.15, 0.2) is 6.10 Å². The van der Waals surface area contributed by atoms with E-state index in [2.05, 4.69) is 5.32 Å². The van der Waals surface area contributed by atoms with Crippen LogP contribution < -0.4 is 15.2 Å². The Morgan fingerprint density at radius 1 is 1.14 bits per heavy atom. The van der Waals surface area contributed by atoms with Gasteiger partial charge < -0.3 is 20.0 Å². The van der Waals surface area contributed by atoms with Crippen LogP contribution in [0.25, 0.3) is 0 Å². The van der Waals surface area contributed by atoms with Gasteiger partial charge in [-0.05, 0) is 49.2 Å². The molecular weight excluding hydrogens is 282 g/mol. The molecule has 1 N–H and O–H groups in total. The van der Waals surface area contributed by atoms with Crippen LogP contribution in [-0.4, -0.2) is 18.0 Å². The van der Waals surface area contributed by atoms with E-state index in [9.17, 15) is 14.7 Å². The van der Waals surface area contributed by atoms with Crippen molar-refractivity contribution in [3.05, 3.63) is 59.7 Å². The average molecular weight is 298 g/mol. The van der Waals surface area contributed by atoms with Gasteiger partial charge in [-0.2, -0.15) is 0 Å². The summed E-state index contributed by atoms with van der Waals surface area (Å²) in [7, 11) is 0. The lowest BCUT2D eigenvalue weighted by molar-refractivity contribution is -0.255. The second-order valence-corrected chi connectivity index (χ2v) is 4.93. The second kappa shape index (κ2) is 6.76. The lowest BCUT2D eigenvalue weighted by atomic mass is 10.2. The normalized spacial score (nSPS) is 11.5. The van der Waals surface area contributed by atoms with E-state index in [4.69, 9.17) is 4.74 Å². The highest BCUT2D eigenvalue weighted by Gasteiger charge is 2.15. The molecule has 1 atom stereocenters. The molecule has 0 aromatic heterocycles. The molecule has 1 amide bonds. The van der Waals surface area contributed by atoms with Gasteiger partial charge in [-0.3, -0.25) is 4.79 Å². The van der Waals surface area contributed by atoms with Gasteiger partial charge in [-0.15, -0.1) is 0 Å². The predicted octanol–water partition coefficient (Wildman–Crippen LogP) is 1.76. The molecule has 0 heterocycles. The number of carbonyl (C=O) groups is 2. The minimum Gasteiger partial charge on any atom is -0.545 e. The van der Waals surface area contributed by atoms with Crippen LogP contribution in [0.3, 0.4) is 0 Å². The molecule has 5 nitrogen and oxygen atoms in total. The van der Waals surface area contributed by atoms with Crippen LogP contribution in [0.4, 0.5) is 5.69 Å². The van der Waals surface area contributed by atoms with Crippen molar-refractivity contribution in [1.29, 1.82) is 0 Å². The van der Waals surface area contributed by atoms with Crippen molar-refractivity contribution in [2.45, 2.75) is 20.0 Å². The standard InChI is InChI=1S/C17H17NO4/c1-11-5-3-8-15(9-11)22-12(2)16(19)18-14-7-4-6-13(10-14)17(20)21/h3-10,12H,1-2H3,(H,18,19)(H,20,21)/p-1/t12-/m0/s1. The molecule has 0 bridgehead atoms. The third-order valence-corrected chi connectivity index (χ3v) is 3.04. The Hall–Kier alpha value is -2.82. The maximum atomic E-state index is 12.1. The largest absolute Gasteiger partial charge is 0.545 e. The van der Waals surface area contributed by atoms with E-state index >= 15 is 0 Å². The number of aryl methyl sites for hydroxylation is 1. The maximum absolute atomic E-state index is 12.1. The summed E-state index contributed by atoms with van der Waals surface area (Å²) in [5.74, 6) is -1.05. The summed E-state index contributed by atoms with van der Waals surface area (Å²) in [6.45, 7) is 3.56. The first kappa shape index (κ1) is 15.6. The maximum Gasteiger partial charge on any atom is 0.265 e. The van der Waals surface area contributed by atoms with E-state index in [0.29, 0.717) is 11.4 Å². The number of aromatic carboxylic acids is 1. The van der Waals surface area contributed by atoms with E-state index in [1.165, 1.54) is 18.2 Å². The van der Waals surface area contributed by atoms with Crippen molar-refractivity contribution >= 4 is 17.6 Å². The minimum atomic E-state index is -1.29. The zero-order chi connectivity index (χ0) is 16.1. The molecule has 5 heteroatoms. The number of nitrogens with one attached hydrogen (secondary N) is 1. The van der Waals surface area contributed by atoms with Crippen molar-refractivity contribution in [3.63, 3.8) is 0 Å². The number of rotatable bonds is 5. The summed E-state index contributed by atoms with van der Waals surface area (Å²) < 4.78 is 5.57. The summed E-state index contributed by atoms with van der Waals surface area (Å²) in [5, 5.41) is 13.4. The number of carbonyl (C=O) groups excluding carboxylic acids is 2. The van der Waals surface area contributed by atoms with Crippen LogP contribution in [0.15, 0.2) is 48.5 Å². The molecule has 2 rings (SSSR count). The monoisotopic (exact) mass is 298 g/mol. The van der Waals surface area contributed by atoms with Crippen molar-refractivity contribution in [3.8, 4) is 5.75 Å². The number of benzene rings is 2. The Morgan fingerprint density at radius 3 is 2.55 bits per heavy atom. The zero-order valence-electron chi connectivity index (χ0n) is 12.3. The molecule has 22 heavy (non-hydrogen) atoms.